The summed E-state index contributed by atoms with van der Waals surface area (Å²) < 4.78 is 2.82. The molecule has 2 aromatic heterocycles. The lowest BCUT2D eigenvalue weighted by molar-refractivity contribution is 0.408. The highest BCUT2D eigenvalue weighted by atomic mass is 32.1. The summed E-state index contributed by atoms with van der Waals surface area (Å²) in [4.78, 5) is 4.14. The Labute approximate surface area is 111 Å². The van der Waals surface area contributed by atoms with Gasteiger partial charge in [0.25, 0.3) is 0 Å². The molecular weight excluding hydrogens is 244 g/mol. The second kappa shape index (κ2) is 4.31. The van der Waals surface area contributed by atoms with Crippen molar-refractivity contribution in [2.24, 2.45) is 5.41 Å². The Kier molecular flexibility index (Phi) is 2.78. The molecule has 0 radical (unpaired) electrons. The Morgan fingerprint density at radius 1 is 1.50 bits per heavy atom. The number of H-pyrrole nitrogens is 1. The molecule has 4 nitrogen and oxygen atoms in total. The zero-order valence-electron chi connectivity index (χ0n) is 10.4. The standard InChI is InChI=1S/C13H16N4S/c1-2-13(5-6-13)9-17-11(15-16-12(17)18)10-4-3-7-14-8-10/h3-4,7-8H,2,5-6,9H2,1H3,(H,16,18). The summed E-state index contributed by atoms with van der Waals surface area (Å²) in [6, 6.07) is 3.93. The summed E-state index contributed by atoms with van der Waals surface area (Å²) >= 11 is 5.34. The first-order valence-electron chi connectivity index (χ1n) is 6.30. The van der Waals surface area contributed by atoms with E-state index < -0.39 is 0 Å². The Morgan fingerprint density at radius 2 is 2.33 bits per heavy atom. The van der Waals surface area contributed by atoms with Crippen LogP contribution in [0.2, 0.25) is 0 Å². The fourth-order valence-corrected chi connectivity index (χ4v) is 2.51. The molecule has 1 saturated carbocycles. The average molecular weight is 260 g/mol. The molecule has 2 heterocycles. The summed E-state index contributed by atoms with van der Waals surface area (Å²) in [6.45, 7) is 3.21. The van der Waals surface area contributed by atoms with Gasteiger partial charge in [-0.2, -0.15) is 5.10 Å². The molecule has 5 heteroatoms. The lowest BCUT2D eigenvalue weighted by Gasteiger charge is -2.14. The quantitative estimate of drug-likeness (QED) is 0.859. The van der Waals surface area contributed by atoms with Crippen LogP contribution in [0, 0.1) is 10.2 Å². The largest absolute Gasteiger partial charge is 0.300 e. The third kappa shape index (κ3) is 1.99. The van der Waals surface area contributed by atoms with Crippen molar-refractivity contribution in [3.05, 3.63) is 29.3 Å². The van der Waals surface area contributed by atoms with Crippen LogP contribution < -0.4 is 0 Å². The molecule has 0 aromatic carbocycles. The number of aromatic amines is 1. The van der Waals surface area contributed by atoms with Crippen molar-refractivity contribution in [1.82, 2.24) is 19.7 Å². The summed E-state index contributed by atoms with van der Waals surface area (Å²) in [5.41, 5.74) is 1.45. The van der Waals surface area contributed by atoms with Crippen molar-refractivity contribution in [1.29, 1.82) is 0 Å². The lowest BCUT2D eigenvalue weighted by atomic mass is 10.0. The van der Waals surface area contributed by atoms with Gasteiger partial charge in [-0.25, -0.2) is 0 Å². The SMILES string of the molecule is CCC1(Cn2c(-c3cccnc3)n[nH]c2=S)CC1. The zero-order chi connectivity index (χ0) is 12.6. The van der Waals surface area contributed by atoms with E-state index in [1.54, 1.807) is 6.20 Å². The number of rotatable bonds is 4. The molecule has 0 unspecified atom stereocenters. The number of aromatic nitrogens is 4. The molecular formula is C13H16N4S. The average Bonchev–Trinajstić information content (AvgIpc) is 3.10. The maximum absolute atomic E-state index is 5.34. The summed E-state index contributed by atoms with van der Waals surface area (Å²) in [6.07, 6.45) is 7.38. The molecule has 0 saturated heterocycles. The smallest absolute Gasteiger partial charge is 0.195 e. The lowest BCUT2D eigenvalue weighted by Crippen LogP contribution is -2.12. The Morgan fingerprint density at radius 3 is 2.94 bits per heavy atom. The maximum atomic E-state index is 5.34. The summed E-state index contributed by atoms with van der Waals surface area (Å²) in [7, 11) is 0. The van der Waals surface area contributed by atoms with E-state index in [0.717, 1.165) is 17.9 Å². The van der Waals surface area contributed by atoms with E-state index in [2.05, 4.69) is 26.7 Å². The first-order valence-corrected chi connectivity index (χ1v) is 6.70. The molecule has 0 atom stereocenters. The molecule has 3 rings (SSSR count). The van der Waals surface area contributed by atoms with Crippen LogP contribution in [0.1, 0.15) is 26.2 Å². The highest BCUT2D eigenvalue weighted by molar-refractivity contribution is 7.71. The van der Waals surface area contributed by atoms with E-state index >= 15 is 0 Å². The van der Waals surface area contributed by atoms with Crippen LogP contribution in [-0.4, -0.2) is 19.7 Å². The van der Waals surface area contributed by atoms with Crippen LogP contribution in [0.3, 0.4) is 0 Å². The normalized spacial score (nSPS) is 16.7. The van der Waals surface area contributed by atoms with Gasteiger partial charge >= 0.3 is 0 Å². The van der Waals surface area contributed by atoms with Crippen LogP contribution >= 0.6 is 12.2 Å². The molecule has 0 spiro atoms. The van der Waals surface area contributed by atoms with E-state index in [1.807, 2.05) is 18.3 Å². The van der Waals surface area contributed by atoms with Crippen molar-refractivity contribution in [2.75, 3.05) is 0 Å². The second-order valence-corrected chi connectivity index (χ2v) is 5.42. The Bertz CT molecular complexity index is 595. The van der Waals surface area contributed by atoms with Crippen molar-refractivity contribution >= 4 is 12.2 Å². The van der Waals surface area contributed by atoms with Gasteiger partial charge in [-0.05, 0) is 49.0 Å². The third-order valence-electron chi connectivity index (χ3n) is 3.88. The van der Waals surface area contributed by atoms with E-state index in [-0.39, 0.29) is 0 Å². The number of nitrogens with zero attached hydrogens (tertiary/aromatic N) is 3. The molecule has 18 heavy (non-hydrogen) atoms. The Hall–Kier alpha value is -1.49. The van der Waals surface area contributed by atoms with Crippen molar-refractivity contribution in [3.63, 3.8) is 0 Å². The molecule has 0 aliphatic heterocycles. The molecule has 0 bridgehead atoms. The van der Waals surface area contributed by atoms with Crippen LogP contribution in [-0.2, 0) is 6.54 Å². The minimum atomic E-state index is 0.444. The van der Waals surface area contributed by atoms with Crippen LogP contribution in [0.25, 0.3) is 11.4 Å². The predicted molar refractivity (Wildman–Crippen MR) is 72.6 cm³/mol. The fraction of sp³-hybridized carbons (Fsp3) is 0.462. The van der Waals surface area contributed by atoms with Crippen molar-refractivity contribution in [3.8, 4) is 11.4 Å². The minimum Gasteiger partial charge on any atom is -0.300 e. The topological polar surface area (TPSA) is 46.5 Å². The fourth-order valence-electron chi connectivity index (χ4n) is 2.32. The maximum Gasteiger partial charge on any atom is 0.195 e. The summed E-state index contributed by atoms with van der Waals surface area (Å²) in [5, 5.41) is 7.24. The van der Waals surface area contributed by atoms with Crippen LogP contribution in [0.4, 0.5) is 0 Å². The van der Waals surface area contributed by atoms with E-state index in [4.69, 9.17) is 12.2 Å². The molecule has 0 amide bonds. The molecule has 1 aliphatic carbocycles. The van der Waals surface area contributed by atoms with Gasteiger partial charge in [-0.3, -0.25) is 14.6 Å². The number of nitrogens with one attached hydrogen (secondary N) is 1. The molecule has 2 aromatic rings. The summed E-state index contributed by atoms with van der Waals surface area (Å²) in [5.74, 6) is 0.896. The molecule has 94 valence electrons. The highest BCUT2D eigenvalue weighted by Crippen LogP contribution is 2.50. The number of hydrogen-bond acceptors (Lipinski definition) is 3. The predicted octanol–water partition coefficient (Wildman–Crippen LogP) is 3.19. The molecule has 1 N–H and O–H groups in total. The van der Waals surface area contributed by atoms with Gasteiger partial charge < -0.3 is 0 Å². The van der Waals surface area contributed by atoms with Gasteiger partial charge in [0.1, 0.15) is 0 Å². The van der Waals surface area contributed by atoms with Gasteiger partial charge in [0.2, 0.25) is 0 Å². The number of hydrogen-bond donors (Lipinski definition) is 1. The van der Waals surface area contributed by atoms with Gasteiger partial charge in [0.05, 0.1) is 0 Å². The first kappa shape index (κ1) is 11.6. The monoisotopic (exact) mass is 260 g/mol. The van der Waals surface area contributed by atoms with Gasteiger partial charge in [0.15, 0.2) is 10.6 Å². The Balaban J connectivity index is 2.00. The highest BCUT2D eigenvalue weighted by Gasteiger charge is 2.41. The van der Waals surface area contributed by atoms with Gasteiger partial charge in [0, 0.05) is 24.5 Å². The number of pyridine rings is 1. The van der Waals surface area contributed by atoms with Gasteiger partial charge in [-0.1, -0.05) is 6.92 Å². The van der Waals surface area contributed by atoms with E-state index in [0.29, 0.717) is 10.2 Å². The van der Waals surface area contributed by atoms with E-state index in [1.165, 1.54) is 19.3 Å². The third-order valence-corrected chi connectivity index (χ3v) is 4.19. The van der Waals surface area contributed by atoms with Crippen molar-refractivity contribution in [2.45, 2.75) is 32.7 Å². The van der Waals surface area contributed by atoms with Gasteiger partial charge in [-0.15, -0.1) is 0 Å². The molecule has 1 fully saturated rings. The molecule has 1 aliphatic rings. The second-order valence-electron chi connectivity index (χ2n) is 5.03. The minimum absolute atomic E-state index is 0.444. The van der Waals surface area contributed by atoms with Crippen LogP contribution in [0.5, 0.6) is 0 Å². The van der Waals surface area contributed by atoms with Crippen LogP contribution in [0.15, 0.2) is 24.5 Å². The van der Waals surface area contributed by atoms with Crippen molar-refractivity contribution < 1.29 is 0 Å². The zero-order valence-corrected chi connectivity index (χ0v) is 11.2. The first-order chi connectivity index (χ1) is 8.74. The van der Waals surface area contributed by atoms with E-state index in [9.17, 15) is 0 Å².